The number of nitrogens with zero attached hydrogens (tertiary/aromatic N) is 1. The predicted octanol–water partition coefficient (Wildman–Crippen LogP) is 1.34. The van der Waals surface area contributed by atoms with Crippen molar-refractivity contribution >= 4 is 11.7 Å². The molecule has 130 valence electrons. The minimum Gasteiger partial charge on any atom is -0.503 e. The molecule has 0 saturated heterocycles. The maximum absolute atomic E-state index is 12.4. The van der Waals surface area contributed by atoms with Crippen LogP contribution in [0.3, 0.4) is 0 Å². The van der Waals surface area contributed by atoms with Crippen molar-refractivity contribution < 1.29 is 24.2 Å². The van der Waals surface area contributed by atoms with E-state index in [4.69, 9.17) is 15.2 Å². The van der Waals surface area contributed by atoms with Crippen LogP contribution in [-0.4, -0.2) is 48.5 Å². The van der Waals surface area contributed by atoms with E-state index in [-0.39, 0.29) is 23.9 Å². The number of rotatable bonds is 6. The summed E-state index contributed by atoms with van der Waals surface area (Å²) in [7, 11) is 3.02. The van der Waals surface area contributed by atoms with Crippen LogP contribution in [0, 0.1) is 0 Å². The van der Waals surface area contributed by atoms with Gasteiger partial charge in [-0.2, -0.15) is 0 Å². The van der Waals surface area contributed by atoms with Crippen LogP contribution in [-0.2, 0) is 9.59 Å². The van der Waals surface area contributed by atoms with Gasteiger partial charge in [-0.25, -0.2) is 0 Å². The first-order valence-corrected chi connectivity index (χ1v) is 7.54. The molecule has 3 N–H and O–H groups in total. The van der Waals surface area contributed by atoms with Crippen LogP contribution in [0.1, 0.15) is 25.5 Å². The van der Waals surface area contributed by atoms with Crippen molar-refractivity contribution in [3.05, 3.63) is 35.1 Å². The number of ketones is 1. The second kappa shape index (κ2) is 6.92. The SMILES string of the molecule is COc1ccc([C@@H]2C(C(C)=O)=C(O)C(=O)N2C[C@H](C)N)cc1OC. The van der Waals surface area contributed by atoms with Gasteiger partial charge in [0.25, 0.3) is 5.91 Å². The lowest BCUT2D eigenvalue weighted by Crippen LogP contribution is -2.39. The van der Waals surface area contributed by atoms with Crippen LogP contribution in [0.4, 0.5) is 0 Å². The molecule has 0 bridgehead atoms. The molecule has 1 aromatic rings. The standard InChI is InChI=1S/C17H22N2O5/c1-9(18)8-19-15(14(10(2)20)16(21)17(19)22)11-5-6-12(23-3)13(7-11)24-4/h5-7,9,15,21H,8,18H2,1-4H3/t9-,15+/m0/s1. The maximum Gasteiger partial charge on any atom is 0.290 e. The van der Waals surface area contributed by atoms with E-state index in [0.717, 1.165) is 0 Å². The lowest BCUT2D eigenvalue weighted by molar-refractivity contribution is -0.129. The smallest absolute Gasteiger partial charge is 0.290 e. The Kier molecular flexibility index (Phi) is 5.14. The minimum absolute atomic E-state index is 0.0628. The van der Waals surface area contributed by atoms with E-state index in [2.05, 4.69) is 0 Å². The summed E-state index contributed by atoms with van der Waals surface area (Å²) in [6.45, 7) is 3.28. The number of ether oxygens (including phenoxy) is 2. The Morgan fingerprint density at radius 3 is 2.46 bits per heavy atom. The van der Waals surface area contributed by atoms with Crippen LogP contribution >= 0.6 is 0 Å². The highest BCUT2D eigenvalue weighted by molar-refractivity contribution is 6.08. The van der Waals surface area contributed by atoms with Gasteiger partial charge < -0.3 is 25.2 Å². The number of aliphatic hydroxyl groups excluding tert-OH is 1. The number of amides is 1. The van der Waals surface area contributed by atoms with Crippen LogP contribution in [0.25, 0.3) is 0 Å². The summed E-state index contributed by atoms with van der Waals surface area (Å²) in [4.78, 5) is 25.8. The second-order valence-corrected chi connectivity index (χ2v) is 5.77. The number of carbonyl (C=O) groups excluding carboxylic acids is 2. The topological polar surface area (TPSA) is 102 Å². The predicted molar refractivity (Wildman–Crippen MR) is 88.0 cm³/mol. The van der Waals surface area contributed by atoms with Gasteiger partial charge >= 0.3 is 0 Å². The monoisotopic (exact) mass is 334 g/mol. The van der Waals surface area contributed by atoms with Gasteiger partial charge in [0.15, 0.2) is 23.0 Å². The Bertz CT molecular complexity index is 696. The van der Waals surface area contributed by atoms with Gasteiger partial charge in [0.05, 0.1) is 25.8 Å². The number of hydrogen-bond donors (Lipinski definition) is 2. The number of Topliss-reactive ketones (excluding diaryl/α,β-unsaturated/α-hetero) is 1. The van der Waals surface area contributed by atoms with E-state index in [1.807, 2.05) is 0 Å². The number of methoxy groups -OCH3 is 2. The summed E-state index contributed by atoms with van der Waals surface area (Å²) in [6, 6.07) is 4.09. The molecule has 0 unspecified atom stereocenters. The van der Waals surface area contributed by atoms with Crippen molar-refractivity contribution in [3.8, 4) is 11.5 Å². The second-order valence-electron chi connectivity index (χ2n) is 5.77. The number of carbonyl (C=O) groups is 2. The maximum atomic E-state index is 12.4. The third kappa shape index (κ3) is 3.07. The van der Waals surface area contributed by atoms with Gasteiger partial charge in [-0.05, 0) is 31.5 Å². The number of nitrogens with two attached hydrogens (primary N) is 1. The van der Waals surface area contributed by atoms with Crippen molar-refractivity contribution in [3.63, 3.8) is 0 Å². The van der Waals surface area contributed by atoms with Crippen molar-refractivity contribution in [1.82, 2.24) is 4.90 Å². The third-order valence-corrected chi connectivity index (χ3v) is 3.89. The molecular weight excluding hydrogens is 312 g/mol. The van der Waals surface area contributed by atoms with E-state index in [1.54, 1.807) is 25.1 Å². The molecule has 7 heteroatoms. The van der Waals surface area contributed by atoms with E-state index < -0.39 is 17.7 Å². The van der Waals surface area contributed by atoms with Crippen LogP contribution < -0.4 is 15.2 Å². The molecule has 1 aliphatic heterocycles. The zero-order chi connectivity index (χ0) is 18.0. The Hall–Kier alpha value is -2.54. The Morgan fingerprint density at radius 1 is 1.33 bits per heavy atom. The van der Waals surface area contributed by atoms with E-state index in [9.17, 15) is 14.7 Å². The first-order valence-electron chi connectivity index (χ1n) is 7.54. The summed E-state index contributed by atoms with van der Waals surface area (Å²) in [5.74, 6) is -0.493. The lowest BCUT2D eigenvalue weighted by Gasteiger charge is -2.28. The highest BCUT2D eigenvalue weighted by atomic mass is 16.5. The fourth-order valence-corrected chi connectivity index (χ4v) is 2.88. The zero-order valence-electron chi connectivity index (χ0n) is 14.2. The lowest BCUT2D eigenvalue weighted by atomic mass is 9.96. The van der Waals surface area contributed by atoms with Crippen LogP contribution in [0.2, 0.25) is 0 Å². The quantitative estimate of drug-likeness (QED) is 0.814. The molecule has 1 aliphatic rings. The number of hydrogen-bond acceptors (Lipinski definition) is 6. The van der Waals surface area contributed by atoms with Gasteiger partial charge in [0.1, 0.15) is 0 Å². The summed E-state index contributed by atoms with van der Waals surface area (Å²) in [5.41, 5.74) is 6.52. The first-order chi connectivity index (χ1) is 11.3. The summed E-state index contributed by atoms with van der Waals surface area (Å²) in [6.07, 6.45) is 0. The van der Waals surface area contributed by atoms with Crippen LogP contribution in [0.5, 0.6) is 11.5 Å². The van der Waals surface area contributed by atoms with Gasteiger partial charge in [-0.15, -0.1) is 0 Å². The molecule has 0 fully saturated rings. The normalized spacial score (nSPS) is 18.8. The van der Waals surface area contributed by atoms with Crippen molar-refractivity contribution in [2.75, 3.05) is 20.8 Å². The van der Waals surface area contributed by atoms with E-state index in [1.165, 1.54) is 26.0 Å². The number of benzene rings is 1. The van der Waals surface area contributed by atoms with E-state index in [0.29, 0.717) is 17.1 Å². The molecule has 24 heavy (non-hydrogen) atoms. The highest BCUT2D eigenvalue weighted by Gasteiger charge is 2.42. The molecule has 0 spiro atoms. The van der Waals surface area contributed by atoms with Gasteiger partial charge in [-0.1, -0.05) is 6.07 Å². The highest BCUT2D eigenvalue weighted by Crippen LogP contribution is 2.40. The largest absolute Gasteiger partial charge is 0.503 e. The summed E-state index contributed by atoms with van der Waals surface area (Å²) >= 11 is 0. The van der Waals surface area contributed by atoms with Gasteiger partial charge in [0.2, 0.25) is 0 Å². The summed E-state index contributed by atoms with van der Waals surface area (Å²) < 4.78 is 10.5. The van der Waals surface area contributed by atoms with Crippen molar-refractivity contribution in [2.45, 2.75) is 25.9 Å². The Morgan fingerprint density at radius 2 is 1.96 bits per heavy atom. The molecule has 0 aliphatic carbocycles. The fourth-order valence-electron chi connectivity index (χ4n) is 2.88. The molecule has 1 amide bonds. The first kappa shape index (κ1) is 17.8. The van der Waals surface area contributed by atoms with Gasteiger partial charge in [-0.3, -0.25) is 9.59 Å². The van der Waals surface area contributed by atoms with Crippen molar-refractivity contribution in [2.24, 2.45) is 5.73 Å². The third-order valence-electron chi connectivity index (χ3n) is 3.89. The average molecular weight is 334 g/mol. The van der Waals surface area contributed by atoms with Gasteiger partial charge in [0, 0.05) is 12.6 Å². The molecule has 2 atom stereocenters. The molecule has 0 radical (unpaired) electrons. The molecule has 2 rings (SSSR count). The molecule has 1 aromatic carbocycles. The van der Waals surface area contributed by atoms with Crippen molar-refractivity contribution in [1.29, 1.82) is 0 Å². The number of aliphatic hydroxyl groups is 1. The molecule has 1 heterocycles. The Labute approximate surface area is 140 Å². The fraction of sp³-hybridized carbons (Fsp3) is 0.412. The molecule has 7 nitrogen and oxygen atoms in total. The minimum atomic E-state index is -0.708. The zero-order valence-corrected chi connectivity index (χ0v) is 14.2. The van der Waals surface area contributed by atoms with E-state index >= 15 is 0 Å². The average Bonchev–Trinajstić information content (AvgIpc) is 2.78. The molecule has 0 saturated carbocycles. The van der Waals surface area contributed by atoms with Crippen LogP contribution in [0.15, 0.2) is 29.5 Å². The summed E-state index contributed by atoms with van der Waals surface area (Å²) in [5, 5.41) is 10.1. The molecule has 0 aromatic heterocycles. The Balaban J connectivity index is 2.57. The molecular formula is C17H22N2O5.